The van der Waals surface area contributed by atoms with E-state index in [1.807, 2.05) is 0 Å². The van der Waals surface area contributed by atoms with Gasteiger partial charge in [0.15, 0.2) is 0 Å². The molecule has 0 heterocycles. The molecule has 0 aromatic heterocycles. The molecule has 0 aromatic rings. The molecule has 0 saturated heterocycles. The second-order valence-corrected chi connectivity index (χ2v) is 6.63. The van der Waals surface area contributed by atoms with Crippen LogP contribution in [0.15, 0.2) is 0 Å². The fourth-order valence-electron chi connectivity index (χ4n) is 2.52. The molecule has 0 spiro atoms. The maximum Gasteiger partial charge on any atom is 0.0642 e. The molecular formula is C14H29NO3. The van der Waals surface area contributed by atoms with Gasteiger partial charge in [-0.15, -0.1) is 0 Å². The zero-order valence-electron chi connectivity index (χ0n) is 12.5. The minimum absolute atomic E-state index is 0.0590. The van der Waals surface area contributed by atoms with Crippen molar-refractivity contribution in [2.75, 3.05) is 20.3 Å². The molecule has 1 saturated carbocycles. The summed E-state index contributed by atoms with van der Waals surface area (Å²) in [5.74, 6) is 0. The van der Waals surface area contributed by atoms with E-state index in [2.05, 4.69) is 33.0 Å². The molecule has 1 fully saturated rings. The van der Waals surface area contributed by atoms with Crippen molar-refractivity contribution in [1.82, 2.24) is 5.32 Å². The monoisotopic (exact) mass is 259 g/mol. The van der Waals surface area contributed by atoms with Gasteiger partial charge in [0.25, 0.3) is 0 Å². The summed E-state index contributed by atoms with van der Waals surface area (Å²) in [4.78, 5) is 0. The van der Waals surface area contributed by atoms with Crippen molar-refractivity contribution in [3.63, 3.8) is 0 Å². The molecule has 4 nitrogen and oxygen atoms in total. The van der Waals surface area contributed by atoms with Crippen LogP contribution in [-0.4, -0.2) is 48.7 Å². The lowest BCUT2D eigenvalue weighted by molar-refractivity contribution is -0.107. The van der Waals surface area contributed by atoms with E-state index in [1.54, 1.807) is 7.11 Å². The molecule has 0 radical (unpaired) electrons. The van der Waals surface area contributed by atoms with Gasteiger partial charge in [-0.25, -0.2) is 0 Å². The third kappa shape index (κ3) is 5.22. The van der Waals surface area contributed by atoms with E-state index in [0.29, 0.717) is 25.2 Å². The summed E-state index contributed by atoms with van der Waals surface area (Å²) in [6.45, 7) is 9.18. The Hall–Kier alpha value is -0.160. The van der Waals surface area contributed by atoms with Crippen molar-refractivity contribution in [1.29, 1.82) is 0 Å². The predicted molar refractivity (Wildman–Crippen MR) is 72.8 cm³/mol. The van der Waals surface area contributed by atoms with E-state index < -0.39 is 0 Å². The van der Waals surface area contributed by atoms with Crippen molar-refractivity contribution >= 4 is 0 Å². The summed E-state index contributed by atoms with van der Waals surface area (Å²) < 4.78 is 11.1. The topological polar surface area (TPSA) is 50.7 Å². The molecule has 18 heavy (non-hydrogen) atoms. The van der Waals surface area contributed by atoms with Crippen LogP contribution in [0.3, 0.4) is 0 Å². The Morgan fingerprint density at radius 1 is 1.22 bits per heavy atom. The molecule has 1 aliphatic rings. The fraction of sp³-hybridized carbons (Fsp3) is 1.00. The van der Waals surface area contributed by atoms with E-state index in [9.17, 15) is 0 Å². The highest BCUT2D eigenvalue weighted by Crippen LogP contribution is 2.29. The van der Waals surface area contributed by atoms with Crippen LogP contribution in [0.4, 0.5) is 0 Å². The summed E-state index contributed by atoms with van der Waals surface area (Å²) in [7, 11) is 1.70. The molecule has 1 rings (SSSR count). The van der Waals surface area contributed by atoms with Gasteiger partial charge in [0.05, 0.1) is 18.3 Å². The first-order valence-electron chi connectivity index (χ1n) is 6.83. The molecule has 0 bridgehead atoms. The van der Waals surface area contributed by atoms with Crippen LogP contribution in [0.1, 0.15) is 47.0 Å². The number of aliphatic hydroxyl groups excluding tert-OH is 1. The Morgan fingerprint density at radius 3 is 2.28 bits per heavy atom. The Labute approximate surface area is 111 Å². The standard InChI is InChI=1S/C14H29NO3/c1-13(2,3)18-12-8-11(9-12)15-14(4,6-7-16)10-17-5/h11-12,15-16H,6-10H2,1-5H3. The lowest BCUT2D eigenvalue weighted by atomic mass is 9.85. The average molecular weight is 259 g/mol. The molecule has 2 N–H and O–H groups in total. The van der Waals surface area contributed by atoms with Gasteiger partial charge in [-0.1, -0.05) is 0 Å². The van der Waals surface area contributed by atoms with Crippen LogP contribution in [0.2, 0.25) is 0 Å². The van der Waals surface area contributed by atoms with Crippen LogP contribution < -0.4 is 5.32 Å². The quantitative estimate of drug-likeness (QED) is 0.731. The second-order valence-electron chi connectivity index (χ2n) is 6.63. The third-order valence-electron chi connectivity index (χ3n) is 3.29. The first-order chi connectivity index (χ1) is 8.28. The zero-order valence-corrected chi connectivity index (χ0v) is 12.5. The third-order valence-corrected chi connectivity index (χ3v) is 3.29. The molecular weight excluding hydrogens is 230 g/mol. The second kappa shape index (κ2) is 6.33. The highest BCUT2D eigenvalue weighted by atomic mass is 16.5. The van der Waals surface area contributed by atoms with Gasteiger partial charge in [0.1, 0.15) is 0 Å². The summed E-state index contributed by atoms with van der Waals surface area (Å²) in [6.07, 6.45) is 3.16. The van der Waals surface area contributed by atoms with E-state index in [4.69, 9.17) is 14.6 Å². The Bertz CT molecular complexity index is 238. The number of aliphatic hydroxyl groups is 1. The van der Waals surface area contributed by atoms with Crippen molar-refractivity contribution in [2.45, 2.75) is 70.2 Å². The number of hydrogen-bond donors (Lipinski definition) is 2. The Morgan fingerprint density at radius 2 is 1.83 bits per heavy atom. The van der Waals surface area contributed by atoms with E-state index in [0.717, 1.165) is 12.8 Å². The summed E-state index contributed by atoms with van der Waals surface area (Å²) >= 11 is 0. The van der Waals surface area contributed by atoms with Gasteiger partial charge < -0.3 is 19.9 Å². The maximum absolute atomic E-state index is 9.12. The normalized spacial score (nSPS) is 27.7. The minimum Gasteiger partial charge on any atom is -0.396 e. The van der Waals surface area contributed by atoms with Crippen molar-refractivity contribution < 1.29 is 14.6 Å². The van der Waals surface area contributed by atoms with Crippen molar-refractivity contribution in [3.05, 3.63) is 0 Å². The van der Waals surface area contributed by atoms with Crippen LogP contribution in [0, 0.1) is 0 Å². The molecule has 0 aliphatic heterocycles. The van der Waals surface area contributed by atoms with Crippen LogP contribution in [0.25, 0.3) is 0 Å². The van der Waals surface area contributed by atoms with Crippen LogP contribution in [0.5, 0.6) is 0 Å². The van der Waals surface area contributed by atoms with Crippen LogP contribution >= 0.6 is 0 Å². The lowest BCUT2D eigenvalue weighted by Gasteiger charge is -2.44. The highest BCUT2D eigenvalue weighted by Gasteiger charge is 2.37. The minimum atomic E-state index is -0.138. The number of rotatable bonds is 7. The summed E-state index contributed by atoms with van der Waals surface area (Å²) in [6, 6.07) is 0.476. The van der Waals surface area contributed by atoms with Gasteiger partial charge in [-0.05, 0) is 47.0 Å². The van der Waals surface area contributed by atoms with E-state index in [-0.39, 0.29) is 17.7 Å². The van der Waals surface area contributed by atoms with Crippen LogP contribution in [-0.2, 0) is 9.47 Å². The molecule has 4 heteroatoms. The number of ether oxygens (including phenoxy) is 2. The van der Waals surface area contributed by atoms with Gasteiger partial charge in [0.2, 0.25) is 0 Å². The van der Waals surface area contributed by atoms with E-state index >= 15 is 0 Å². The van der Waals surface area contributed by atoms with Gasteiger partial charge in [-0.3, -0.25) is 0 Å². The molecule has 1 aliphatic carbocycles. The largest absolute Gasteiger partial charge is 0.396 e. The van der Waals surface area contributed by atoms with Gasteiger partial charge in [-0.2, -0.15) is 0 Å². The number of methoxy groups -OCH3 is 1. The summed E-state index contributed by atoms with van der Waals surface area (Å²) in [5, 5.41) is 12.7. The molecule has 1 atom stereocenters. The molecule has 108 valence electrons. The summed E-state index contributed by atoms with van der Waals surface area (Å²) in [5.41, 5.74) is -0.197. The lowest BCUT2D eigenvalue weighted by Crippen LogP contribution is -2.58. The Kier molecular flexibility index (Phi) is 5.59. The number of hydrogen-bond acceptors (Lipinski definition) is 4. The highest BCUT2D eigenvalue weighted by molar-refractivity contribution is 4.94. The van der Waals surface area contributed by atoms with Crippen molar-refractivity contribution in [3.8, 4) is 0 Å². The molecule has 0 aromatic carbocycles. The van der Waals surface area contributed by atoms with Crippen molar-refractivity contribution in [2.24, 2.45) is 0 Å². The predicted octanol–water partition coefficient (Wildman–Crippen LogP) is 1.71. The Balaban J connectivity index is 2.32. The van der Waals surface area contributed by atoms with Gasteiger partial charge in [0, 0.05) is 25.3 Å². The average Bonchev–Trinajstić information content (AvgIpc) is 2.12. The first kappa shape index (κ1) is 15.9. The molecule has 1 unspecified atom stereocenters. The first-order valence-corrected chi connectivity index (χ1v) is 6.83. The SMILES string of the molecule is COCC(C)(CCO)NC1CC(OC(C)(C)C)C1. The van der Waals surface area contributed by atoms with E-state index in [1.165, 1.54) is 0 Å². The smallest absolute Gasteiger partial charge is 0.0642 e. The number of nitrogens with one attached hydrogen (secondary N) is 1. The maximum atomic E-state index is 9.12. The molecule has 0 amide bonds. The fourth-order valence-corrected chi connectivity index (χ4v) is 2.52. The van der Waals surface area contributed by atoms with Gasteiger partial charge >= 0.3 is 0 Å². The zero-order chi connectivity index (χ0) is 13.8.